The molecule has 1 heterocycles. The van der Waals surface area contributed by atoms with Crippen LogP contribution in [-0.2, 0) is 7.05 Å². The number of imidazole rings is 1. The summed E-state index contributed by atoms with van der Waals surface area (Å²) in [5, 5.41) is 0. The average molecular weight is 186 g/mol. The maximum Gasteiger partial charge on any atom is 0.290 e. The molecule has 13 heavy (non-hydrogen) atoms. The van der Waals surface area contributed by atoms with Gasteiger partial charge in [0.05, 0.1) is 5.52 Å². The first-order chi connectivity index (χ1) is 6.11. The van der Waals surface area contributed by atoms with Crippen LogP contribution in [0.25, 0.3) is 11.0 Å². The Morgan fingerprint density at radius 2 is 1.92 bits per heavy atom. The first-order valence-corrected chi connectivity index (χ1v) is 3.57. The zero-order valence-corrected chi connectivity index (χ0v) is 6.68. The van der Waals surface area contributed by atoms with Crippen molar-refractivity contribution < 1.29 is 13.2 Å². The van der Waals surface area contributed by atoms with Crippen LogP contribution in [0.4, 0.5) is 13.2 Å². The zero-order valence-electron chi connectivity index (χ0n) is 6.68. The highest BCUT2D eigenvalue weighted by Gasteiger charge is 2.13. The first-order valence-electron chi connectivity index (χ1n) is 3.57. The predicted octanol–water partition coefficient (Wildman–Crippen LogP) is 1.99. The SMILES string of the molecule is Cn1c(F)nc2c(F)c(F)ccc21. The summed E-state index contributed by atoms with van der Waals surface area (Å²) in [6.07, 6.45) is -0.834. The number of hydrogen-bond acceptors (Lipinski definition) is 1. The Bertz CT molecular complexity index is 476. The van der Waals surface area contributed by atoms with E-state index in [0.717, 1.165) is 10.6 Å². The number of nitrogens with zero attached hydrogens (tertiary/aromatic N) is 2. The van der Waals surface area contributed by atoms with E-state index in [2.05, 4.69) is 4.98 Å². The maximum absolute atomic E-state index is 13.0. The van der Waals surface area contributed by atoms with Gasteiger partial charge in [0.1, 0.15) is 5.52 Å². The molecule has 1 aromatic heterocycles. The number of halogens is 3. The molecule has 0 bridgehead atoms. The van der Waals surface area contributed by atoms with Gasteiger partial charge >= 0.3 is 0 Å². The molecule has 0 amide bonds. The lowest BCUT2D eigenvalue weighted by Crippen LogP contribution is -1.91. The molecule has 0 N–H and O–H groups in total. The Hall–Kier alpha value is -1.52. The molecule has 0 spiro atoms. The Balaban J connectivity index is 2.94. The minimum atomic E-state index is -1.11. The third-order valence-electron chi connectivity index (χ3n) is 1.89. The molecule has 5 heteroatoms. The fraction of sp³-hybridized carbons (Fsp3) is 0.125. The average Bonchev–Trinajstić information content (AvgIpc) is 2.38. The molecular weight excluding hydrogens is 181 g/mol. The second-order valence-corrected chi connectivity index (χ2v) is 2.67. The molecule has 0 aliphatic heterocycles. The van der Waals surface area contributed by atoms with E-state index in [1.54, 1.807) is 0 Å². The lowest BCUT2D eigenvalue weighted by molar-refractivity contribution is 0.503. The van der Waals surface area contributed by atoms with E-state index in [1.807, 2.05) is 0 Å². The summed E-state index contributed by atoms with van der Waals surface area (Å²) >= 11 is 0. The molecule has 0 aliphatic rings. The van der Waals surface area contributed by atoms with E-state index in [0.29, 0.717) is 0 Å². The summed E-state index contributed by atoms with van der Waals surface area (Å²) in [7, 11) is 1.39. The van der Waals surface area contributed by atoms with Crippen LogP contribution in [0, 0.1) is 17.7 Å². The van der Waals surface area contributed by atoms with Crippen molar-refractivity contribution in [2.75, 3.05) is 0 Å². The van der Waals surface area contributed by atoms with Gasteiger partial charge in [-0.25, -0.2) is 8.78 Å². The van der Waals surface area contributed by atoms with Gasteiger partial charge in [0.2, 0.25) is 0 Å². The summed E-state index contributed by atoms with van der Waals surface area (Å²) in [5.41, 5.74) is -0.0450. The third-order valence-corrected chi connectivity index (χ3v) is 1.89. The molecule has 0 saturated carbocycles. The van der Waals surface area contributed by atoms with E-state index < -0.39 is 17.7 Å². The minimum absolute atomic E-state index is 0.233. The molecule has 0 aliphatic carbocycles. The molecule has 0 atom stereocenters. The lowest BCUT2D eigenvalue weighted by Gasteiger charge is -1.95. The van der Waals surface area contributed by atoms with Gasteiger partial charge in [0.25, 0.3) is 6.08 Å². The van der Waals surface area contributed by atoms with Gasteiger partial charge in [0, 0.05) is 7.05 Å². The minimum Gasteiger partial charge on any atom is -0.303 e. The standard InChI is InChI=1S/C8H5F3N2/c1-13-5-3-2-4(9)6(10)7(5)12-8(13)11/h2-3H,1H3. The molecule has 68 valence electrons. The van der Waals surface area contributed by atoms with Crippen LogP contribution in [-0.4, -0.2) is 9.55 Å². The molecule has 2 nitrogen and oxygen atoms in total. The van der Waals surface area contributed by atoms with Crippen molar-refractivity contribution in [3.05, 3.63) is 29.8 Å². The number of hydrogen-bond donors (Lipinski definition) is 0. The van der Waals surface area contributed by atoms with E-state index in [-0.39, 0.29) is 11.0 Å². The molecular formula is C8H5F3N2. The van der Waals surface area contributed by atoms with Crippen LogP contribution in [0.3, 0.4) is 0 Å². The molecule has 2 aromatic rings. The largest absolute Gasteiger partial charge is 0.303 e. The third kappa shape index (κ3) is 0.998. The van der Waals surface area contributed by atoms with Gasteiger partial charge < -0.3 is 4.57 Å². The highest BCUT2D eigenvalue weighted by molar-refractivity contribution is 5.75. The van der Waals surface area contributed by atoms with E-state index in [1.165, 1.54) is 13.1 Å². The Kier molecular flexibility index (Phi) is 1.55. The quantitative estimate of drug-likeness (QED) is 0.615. The summed E-state index contributed by atoms with van der Waals surface area (Å²) in [6.45, 7) is 0. The van der Waals surface area contributed by atoms with E-state index >= 15 is 0 Å². The number of fused-ring (bicyclic) bond motifs is 1. The van der Waals surface area contributed by atoms with Crippen LogP contribution in [0.1, 0.15) is 0 Å². The normalized spacial score (nSPS) is 11.1. The summed E-state index contributed by atoms with van der Waals surface area (Å²) < 4.78 is 39.5. The first kappa shape index (κ1) is 8.10. The van der Waals surface area contributed by atoms with Crippen molar-refractivity contribution in [3.63, 3.8) is 0 Å². The Morgan fingerprint density at radius 3 is 2.62 bits per heavy atom. The highest BCUT2D eigenvalue weighted by Crippen LogP contribution is 2.19. The van der Waals surface area contributed by atoms with Gasteiger partial charge in [-0.1, -0.05) is 0 Å². The van der Waals surface area contributed by atoms with Crippen LogP contribution in [0.2, 0.25) is 0 Å². The van der Waals surface area contributed by atoms with Gasteiger partial charge in [-0.3, -0.25) is 0 Å². The summed E-state index contributed by atoms with van der Waals surface area (Å²) in [5.74, 6) is -2.14. The number of aryl methyl sites for hydroxylation is 1. The van der Waals surface area contributed by atoms with Crippen molar-refractivity contribution >= 4 is 11.0 Å². The second-order valence-electron chi connectivity index (χ2n) is 2.67. The Labute approximate surface area is 71.6 Å². The topological polar surface area (TPSA) is 17.8 Å². The lowest BCUT2D eigenvalue weighted by atomic mass is 10.3. The summed E-state index contributed by atoms with van der Waals surface area (Å²) in [6, 6.07) is 2.22. The summed E-state index contributed by atoms with van der Waals surface area (Å²) in [4.78, 5) is 3.25. The van der Waals surface area contributed by atoms with Crippen LogP contribution >= 0.6 is 0 Å². The fourth-order valence-corrected chi connectivity index (χ4v) is 1.17. The number of rotatable bonds is 0. The maximum atomic E-state index is 13.0. The Morgan fingerprint density at radius 1 is 1.23 bits per heavy atom. The van der Waals surface area contributed by atoms with E-state index in [4.69, 9.17) is 0 Å². The van der Waals surface area contributed by atoms with Crippen LogP contribution in [0.5, 0.6) is 0 Å². The van der Waals surface area contributed by atoms with Gasteiger partial charge in [-0.05, 0) is 12.1 Å². The van der Waals surface area contributed by atoms with Crippen molar-refractivity contribution in [2.24, 2.45) is 7.05 Å². The second kappa shape index (κ2) is 2.48. The van der Waals surface area contributed by atoms with Crippen molar-refractivity contribution in [3.8, 4) is 0 Å². The van der Waals surface area contributed by atoms with Crippen molar-refractivity contribution in [1.82, 2.24) is 9.55 Å². The number of aromatic nitrogens is 2. The molecule has 2 rings (SSSR count). The van der Waals surface area contributed by atoms with E-state index in [9.17, 15) is 13.2 Å². The smallest absolute Gasteiger partial charge is 0.290 e. The van der Waals surface area contributed by atoms with Crippen LogP contribution < -0.4 is 0 Å². The van der Waals surface area contributed by atoms with Crippen molar-refractivity contribution in [1.29, 1.82) is 0 Å². The fourth-order valence-electron chi connectivity index (χ4n) is 1.17. The van der Waals surface area contributed by atoms with Crippen molar-refractivity contribution in [2.45, 2.75) is 0 Å². The van der Waals surface area contributed by atoms with Gasteiger partial charge in [-0.2, -0.15) is 9.37 Å². The molecule has 0 saturated heterocycles. The number of benzene rings is 1. The molecule has 0 unspecified atom stereocenters. The van der Waals surface area contributed by atoms with Gasteiger partial charge in [-0.15, -0.1) is 0 Å². The zero-order chi connectivity index (χ0) is 9.59. The van der Waals surface area contributed by atoms with Gasteiger partial charge in [0.15, 0.2) is 11.6 Å². The highest BCUT2D eigenvalue weighted by atomic mass is 19.2. The monoisotopic (exact) mass is 186 g/mol. The molecule has 1 aromatic carbocycles. The predicted molar refractivity (Wildman–Crippen MR) is 40.6 cm³/mol. The molecule has 0 radical (unpaired) electrons. The molecule has 0 fully saturated rings. The van der Waals surface area contributed by atoms with Crippen LogP contribution in [0.15, 0.2) is 12.1 Å².